The zero-order valence-corrected chi connectivity index (χ0v) is 14.8. The summed E-state index contributed by atoms with van der Waals surface area (Å²) >= 11 is 15.0. The van der Waals surface area contributed by atoms with Crippen molar-refractivity contribution < 1.29 is 8.42 Å². The Morgan fingerprint density at radius 1 is 1.29 bits per heavy atom. The first-order valence-electron chi connectivity index (χ1n) is 5.88. The molecule has 1 aromatic carbocycles. The molecule has 2 rings (SSSR count). The Kier molecular flexibility index (Phi) is 5.27. The van der Waals surface area contributed by atoms with Crippen molar-refractivity contribution in [3.8, 4) is 0 Å². The highest BCUT2D eigenvalue weighted by molar-refractivity contribution is 9.10. The van der Waals surface area contributed by atoms with Crippen LogP contribution in [0.25, 0.3) is 0 Å². The summed E-state index contributed by atoms with van der Waals surface area (Å²) in [5, 5.41) is 0.463. The molecule has 21 heavy (non-hydrogen) atoms. The third-order valence-electron chi connectivity index (χ3n) is 2.74. The van der Waals surface area contributed by atoms with Crippen LogP contribution in [0, 0.1) is 0 Å². The van der Waals surface area contributed by atoms with Crippen LogP contribution < -0.4 is 4.72 Å². The molecule has 1 heterocycles. The van der Waals surface area contributed by atoms with Gasteiger partial charge in [0.15, 0.2) is 0 Å². The molecular formula is C13H11BrCl2N2O2S. The second-order valence-corrected chi connectivity index (χ2v) is 7.73. The number of hydrogen-bond donors (Lipinski definition) is 1. The number of sulfonamides is 1. The molecule has 1 N–H and O–H groups in total. The number of rotatable bonds is 4. The number of halogens is 3. The summed E-state index contributed by atoms with van der Waals surface area (Å²) in [6, 6.07) is 7.93. The fourth-order valence-corrected chi connectivity index (χ4v) is 4.11. The molecule has 2 aromatic rings. The standard InChI is InChI=1S/C13H11BrCl2N2O2S/c1-8(9-3-2-4-11(15)5-9)18-21(19,20)12-6-10(14)7-17-13(12)16/h2-8,18H,1H3. The van der Waals surface area contributed by atoms with Gasteiger partial charge in [-0.15, -0.1) is 0 Å². The number of aromatic nitrogens is 1. The van der Waals surface area contributed by atoms with Gasteiger partial charge in [0.2, 0.25) is 10.0 Å². The van der Waals surface area contributed by atoms with Crippen LogP contribution in [0.1, 0.15) is 18.5 Å². The van der Waals surface area contributed by atoms with Gasteiger partial charge in [-0.25, -0.2) is 18.1 Å². The maximum Gasteiger partial charge on any atom is 0.244 e. The fraction of sp³-hybridized carbons (Fsp3) is 0.154. The molecule has 0 bridgehead atoms. The van der Waals surface area contributed by atoms with Gasteiger partial charge in [-0.05, 0) is 46.6 Å². The van der Waals surface area contributed by atoms with Crippen molar-refractivity contribution in [3.63, 3.8) is 0 Å². The first kappa shape index (κ1) is 16.7. The number of benzene rings is 1. The summed E-state index contributed by atoms with van der Waals surface area (Å²) in [7, 11) is -3.79. The maximum atomic E-state index is 12.4. The van der Waals surface area contributed by atoms with Crippen LogP contribution in [0.3, 0.4) is 0 Å². The van der Waals surface area contributed by atoms with E-state index in [9.17, 15) is 8.42 Å². The SMILES string of the molecule is CC(NS(=O)(=O)c1cc(Br)cnc1Cl)c1cccc(Cl)c1. The lowest BCUT2D eigenvalue weighted by Crippen LogP contribution is -2.27. The Hall–Kier alpha value is -0.660. The van der Waals surface area contributed by atoms with Crippen LogP contribution >= 0.6 is 39.1 Å². The van der Waals surface area contributed by atoms with Gasteiger partial charge in [-0.2, -0.15) is 0 Å². The Bertz CT molecular complexity index is 769. The van der Waals surface area contributed by atoms with Crippen molar-refractivity contribution in [1.29, 1.82) is 0 Å². The van der Waals surface area contributed by atoms with Crippen molar-refractivity contribution in [2.75, 3.05) is 0 Å². The number of hydrogen-bond acceptors (Lipinski definition) is 3. The molecule has 0 saturated carbocycles. The van der Waals surface area contributed by atoms with Gasteiger partial charge >= 0.3 is 0 Å². The highest BCUT2D eigenvalue weighted by Gasteiger charge is 2.22. The minimum absolute atomic E-state index is 0.0765. The van der Waals surface area contributed by atoms with E-state index < -0.39 is 16.1 Å². The summed E-state index contributed by atoms with van der Waals surface area (Å²) in [6.45, 7) is 1.72. The molecule has 0 fully saturated rings. The van der Waals surface area contributed by atoms with Crippen molar-refractivity contribution in [2.45, 2.75) is 17.9 Å². The molecule has 8 heteroatoms. The van der Waals surface area contributed by atoms with E-state index in [1.165, 1.54) is 12.3 Å². The molecule has 0 aliphatic rings. The fourth-order valence-electron chi connectivity index (χ4n) is 1.73. The van der Waals surface area contributed by atoms with Crippen LogP contribution in [0.4, 0.5) is 0 Å². The Morgan fingerprint density at radius 2 is 2.00 bits per heavy atom. The van der Waals surface area contributed by atoms with Crippen LogP contribution in [-0.4, -0.2) is 13.4 Å². The lowest BCUT2D eigenvalue weighted by molar-refractivity contribution is 0.566. The smallest absolute Gasteiger partial charge is 0.242 e. The van der Waals surface area contributed by atoms with E-state index in [0.29, 0.717) is 9.50 Å². The van der Waals surface area contributed by atoms with Crippen molar-refractivity contribution in [1.82, 2.24) is 9.71 Å². The molecule has 4 nitrogen and oxygen atoms in total. The molecule has 0 radical (unpaired) electrons. The van der Waals surface area contributed by atoms with Crippen LogP contribution in [0.15, 0.2) is 45.9 Å². The van der Waals surface area contributed by atoms with Gasteiger partial charge < -0.3 is 0 Å². The van der Waals surface area contributed by atoms with E-state index in [1.54, 1.807) is 31.2 Å². The topological polar surface area (TPSA) is 59.1 Å². The van der Waals surface area contributed by atoms with E-state index in [0.717, 1.165) is 5.56 Å². The van der Waals surface area contributed by atoms with E-state index in [4.69, 9.17) is 23.2 Å². The summed E-state index contributed by atoms with van der Waals surface area (Å²) in [4.78, 5) is 3.74. The van der Waals surface area contributed by atoms with Gasteiger partial charge in [-0.1, -0.05) is 35.3 Å². The lowest BCUT2D eigenvalue weighted by Gasteiger charge is -2.15. The summed E-state index contributed by atoms with van der Waals surface area (Å²) in [6.07, 6.45) is 1.43. The second kappa shape index (κ2) is 6.62. The number of nitrogens with one attached hydrogen (secondary N) is 1. The summed E-state index contributed by atoms with van der Waals surface area (Å²) < 4.78 is 27.9. The molecule has 0 amide bonds. The lowest BCUT2D eigenvalue weighted by atomic mass is 10.1. The van der Waals surface area contributed by atoms with Gasteiger partial charge in [0.1, 0.15) is 10.0 Å². The van der Waals surface area contributed by atoms with Crippen molar-refractivity contribution >= 4 is 49.2 Å². The van der Waals surface area contributed by atoms with Crippen molar-refractivity contribution in [2.24, 2.45) is 0 Å². The number of pyridine rings is 1. The van der Waals surface area contributed by atoms with Crippen molar-refractivity contribution in [3.05, 3.63) is 56.7 Å². The van der Waals surface area contributed by atoms with Gasteiger partial charge in [-0.3, -0.25) is 0 Å². The van der Waals surface area contributed by atoms with Gasteiger partial charge in [0.05, 0.1) is 0 Å². The average Bonchev–Trinajstić information content (AvgIpc) is 2.41. The summed E-state index contributed by atoms with van der Waals surface area (Å²) in [5.74, 6) is 0. The number of nitrogens with zero attached hydrogens (tertiary/aromatic N) is 1. The van der Waals surface area contributed by atoms with E-state index in [1.807, 2.05) is 0 Å². The minimum Gasteiger partial charge on any atom is -0.242 e. The minimum atomic E-state index is -3.79. The quantitative estimate of drug-likeness (QED) is 0.770. The van der Waals surface area contributed by atoms with E-state index in [2.05, 4.69) is 25.6 Å². The Labute approximate surface area is 141 Å². The molecule has 1 aromatic heterocycles. The highest BCUT2D eigenvalue weighted by Crippen LogP contribution is 2.25. The van der Waals surface area contributed by atoms with Crippen LogP contribution in [-0.2, 0) is 10.0 Å². The molecule has 112 valence electrons. The monoisotopic (exact) mass is 408 g/mol. The maximum absolute atomic E-state index is 12.4. The molecule has 1 atom stereocenters. The zero-order chi connectivity index (χ0) is 15.6. The Balaban J connectivity index is 2.31. The Morgan fingerprint density at radius 3 is 2.67 bits per heavy atom. The zero-order valence-electron chi connectivity index (χ0n) is 10.8. The van der Waals surface area contributed by atoms with E-state index in [-0.39, 0.29) is 10.0 Å². The van der Waals surface area contributed by atoms with Gasteiger partial charge in [0, 0.05) is 21.7 Å². The molecule has 0 saturated heterocycles. The molecular weight excluding hydrogens is 399 g/mol. The normalized spacial score (nSPS) is 13.1. The first-order chi connectivity index (χ1) is 9.79. The largest absolute Gasteiger partial charge is 0.244 e. The molecule has 1 unspecified atom stereocenters. The molecule has 0 aliphatic heterocycles. The predicted molar refractivity (Wildman–Crippen MR) is 87.1 cm³/mol. The van der Waals surface area contributed by atoms with Crippen LogP contribution in [0.5, 0.6) is 0 Å². The molecule has 0 aliphatic carbocycles. The third-order valence-corrected chi connectivity index (χ3v) is 5.38. The third kappa shape index (κ3) is 4.17. The van der Waals surface area contributed by atoms with E-state index >= 15 is 0 Å². The highest BCUT2D eigenvalue weighted by atomic mass is 79.9. The second-order valence-electron chi connectivity index (χ2n) is 4.34. The molecule has 0 spiro atoms. The summed E-state index contributed by atoms with van der Waals surface area (Å²) in [5.41, 5.74) is 0.755. The average molecular weight is 410 g/mol. The van der Waals surface area contributed by atoms with Crippen LogP contribution in [0.2, 0.25) is 10.2 Å². The predicted octanol–water partition coefficient (Wildman–Crippen LogP) is 4.19. The van der Waals surface area contributed by atoms with Gasteiger partial charge in [0.25, 0.3) is 0 Å². The first-order valence-corrected chi connectivity index (χ1v) is 8.91.